The number of hydrogen-bond acceptors (Lipinski definition) is 1. The molecule has 1 aliphatic carbocycles. The number of nitrogens with one attached hydrogen (secondary N) is 1. The van der Waals surface area contributed by atoms with Crippen molar-refractivity contribution in [3.8, 4) is 0 Å². The highest BCUT2D eigenvalue weighted by Crippen LogP contribution is 2.18. The van der Waals surface area contributed by atoms with E-state index in [0.29, 0.717) is 6.04 Å². The van der Waals surface area contributed by atoms with Gasteiger partial charge >= 0.3 is 0 Å². The van der Waals surface area contributed by atoms with Crippen LogP contribution >= 0.6 is 0 Å². The molecule has 1 N–H and O–H groups in total. The van der Waals surface area contributed by atoms with E-state index in [1.807, 2.05) is 0 Å². The Labute approximate surface area is 83.3 Å². The summed E-state index contributed by atoms with van der Waals surface area (Å²) in [7, 11) is 0. The Morgan fingerprint density at radius 3 is 2.23 bits per heavy atom. The Morgan fingerprint density at radius 2 is 1.69 bits per heavy atom. The molecule has 0 spiro atoms. The molecule has 0 aliphatic heterocycles. The van der Waals surface area contributed by atoms with Crippen LogP contribution in [0.2, 0.25) is 0 Å². The van der Waals surface area contributed by atoms with Crippen LogP contribution in [0.4, 0.5) is 0 Å². The fraction of sp³-hybridized carbons (Fsp3) is 1.00. The normalized spacial score (nSPS) is 22.2. The zero-order chi connectivity index (χ0) is 9.68. The molecule has 1 saturated carbocycles. The van der Waals surface area contributed by atoms with Gasteiger partial charge in [0.1, 0.15) is 0 Å². The average molecular weight is 183 g/mol. The highest BCUT2D eigenvalue weighted by Gasteiger charge is 2.15. The van der Waals surface area contributed by atoms with Crippen molar-refractivity contribution < 1.29 is 0 Å². The van der Waals surface area contributed by atoms with E-state index in [1.54, 1.807) is 0 Å². The molecule has 1 rings (SSSR count). The molecular formula is C12H25N. The van der Waals surface area contributed by atoms with Crippen LogP contribution in [0.3, 0.4) is 0 Å². The molecule has 1 unspecified atom stereocenters. The second kappa shape index (κ2) is 5.64. The molecule has 1 aliphatic rings. The molecule has 0 saturated heterocycles. The van der Waals surface area contributed by atoms with Crippen LogP contribution in [0.1, 0.15) is 59.3 Å². The third-order valence-electron chi connectivity index (χ3n) is 2.95. The van der Waals surface area contributed by atoms with Gasteiger partial charge in [-0.2, -0.15) is 0 Å². The monoisotopic (exact) mass is 183 g/mol. The van der Waals surface area contributed by atoms with E-state index in [1.165, 1.54) is 38.5 Å². The minimum Gasteiger partial charge on any atom is -0.311 e. The Morgan fingerprint density at radius 1 is 1.08 bits per heavy atom. The first-order valence-corrected chi connectivity index (χ1v) is 5.94. The van der Waals surface area contributed by atoms with Gasteiger partial charge in [-0.15, -0.1) is 0 Å². The molecule has 1 atom stereocenters. The first-order chi connectivity index (χ1) is 6.18. The molecule has 1 nitrogen and oxygen atoms in total. The molecule has 1 fully saturated rings. The molecule has 0 aromatic carbocycles. The van der Waals surface area contributed by atoms with E-state index in [0.717, 1.165) is 12.0 Å². The van der Waals surface area contributed by atoms with E-state index >= 15 is 0 Å². The Hall–Kier alpha value is -0.0400. The van der Waals surface area contributed by atoms with Crippen molar-refractivity contribution in [2.75, 3.05) is 0 Å². The van der Waals surface area contributed by atoms with Crippen LogP contribution in [0.25, 0.3) is 0 Å². The second-order valence-electron chi connectivity index (χ2n) is 5.03. The summed E-state index contributed by atoms with van der Waals surface area (Å²) in [5, 5.41) is 3.75. The average Bonchev–Trinajstić information content (AvgIpc) is 2.04. The first kappa shape index (κ1) is 11.0. The van der Waals surface area contributed by atoms with Gasteiger partial charge < -0.3 is 5.32 Å². The minimum atomic E-state index is 0.711. The van der Waals surface area contributed by atoms with Crippen LogP contribution in [0.5, 0.6) is 0 Å². The van der Waals surface area contributed by atoms with Crippen LogP contribution in [0, 0.1) is 5.92 Å². The van der Waals surface area contributed by atoms with E-state index < -0.39 is 0 Å². The summed E-state index contributed by atoms with van der Waals surface area (Å²) < 4.78 is 0. The maximum Gasteiger partial charge on any atom is 0.00695 e. The van der Waals surface area contributed by atoms with Gasteiger partial charge in [0.05, 0.1) is 0 Å². The highest BCUT2D eigenvalue weighted by molar-refractivity contribution is 4.75. The Balaban J connectivity index is 2.14. The third-order valence-corrected chi connectivity index (χ3v) is 2.95. The molecule has 1 heteroatoms. The molecule has 0 heterocycles. The Bertz CT molecular complexity index is 125. The standard InChI is InChI=1S/C12H25N/c1-10(2)9-11(3)13-12-7-5-4-6-8-12/h10-13H,4-9H2,1-3H3. The van der Waals surface area contributed by atoms with Gasteiger partial charge in [0.25, 0.3) is 0 Å². The first-order valence-electron chi connectivity index (χ1n) is 5.94. The third kappa shape index (κ3) is 4.66. The number of hydrogen-bond donors (Lipinski definition) is 1. The highest BCUT2D eigenvalue weighted by atomic mass is 14.9. The van der Waals surface area contributed by atoms with Gasteiger partial charge in [0.15, 0.2) is 0 Å². The van der Waals surface area contributed by atoms with Gasteiger partial charge in [-0.1, -0.05) is 33.1 Å². The maximum atomic E-state index is 3.75. The van der Waals surface area contributed by atoms with Gasteiger partial charge in [0, 0.05) is 12.1 Å². The fourth-order valence-electron chi connectivity index (χ4n) is 2.45. The SMILES string of the molecule is CC(C)CC(C)NC1CCCCC1. The van der Waals surface area contributed by atoms with Gasteiger partial charge in [-0.3, -0.25) is 0 Å². The van der Waals surface area contributed by atoms with Gasteiger partial charge in [0.2, 0.25) is 0 Å². The molecule has 0 aromatic heterocycles. The van der Waals surface area contributed by atoms with E-state index in [9.17, 15) is 0 Å². The van der Waals surface area contributed by atoms with Crippen molar-refractivity contribution in [3.63, 3.8) is 0 Å². The second-order valence-corrected chi connectivity index (χ2v) is 5.03. The van der Waals surface area contributed by atoms with Crippen molar-refractivity contribution in [2.45, 2.75) is 71.4 Å². The van der Waals surface area contributed by atoms with Crippen LogP contribution in [-0.2, 0) is 0 Å². The summed E-state index contributed by atoms with van der Waals surface area (Å²) in [6.45, 7) is 6.94. The quantitative estimate of drug-likeness (QED) is 0.705. The van der Waals surface area contributed by atoms with E-state index in [2.05, 4.69) is 26.1 Å². The smallest absolute Gasteiger partial charge is 0.00695 e. The predicted octanol–water partition coefficient (Wildman–Crippen LogP) is 3.34. The Kier molecular flexibility index (Phi) is 4.79. The van der Waals surface area contributed by atoms with E-state index in [-0.39, 0.29) is 0 Å². The summed E-state index contributed by atoms with van der Waals surface area (Å²) in [4.78, 5) is 0. The largest absolute Gasteiger partial charge is 0.311 e. The maximum absolute atomic E-state index is 3.75. The van der Waals surface area contributed by atoms with Crippen molar-refractivity contribution in [2.24, 2.45) is 5.92 Å². The summed E-state index contributed by atoms with van der Waals surface area (Å²) in [6.07, 6.45) is 8.45. The molecule has 0 radical (unpaired) electrons. The molecule has 0 bridgehead atoms. The van der Waals surface area contributed by atoms with Crippen LogP contribution in [-0.4, -0.2) is 12.1 Å². The molecule has 13 heavy (non-hydrogen) atoms. The van der Waals surface area contributed by atoms with Gasteiger partial charge in [-0.05, 0) is 32.1 Å². The zero-order valence-corrected chi connectivity index (χ0v) is 9.47. The van der Waals surface area contributed by atoms with Crippen LogP contribution in [0.15, 0.2) is 0 Å². The van der Waals surface area contributed by atoms with Crippen molar-refractivity contribution in [3.05, 3.63) is 0 Å². The molecule has 78 valence electrons. The lowest BCUT2D eigenvalue weighted by atomic mass is 9.94. The summed E-state index contributed by atoms with van der Waals surface area (Å²) in [6, 6.07) is 1.53. The van der Waals surface area contributed by atoms with Gasteiger partial charge in [-0.25, -0.2) is 0 Å². The number of rotatable bonds is 4. The van der Waals surface area contributed by atoms with Crippen LogP contribution < -0.4 is 5.32 Å². The van der Waals surface area contributed by atoms with Crippen molar-refractivity contribution >= 4 is 0 Å². The topological polar surface area (TPSA) is 12.0 Å². The molecule has 0 aromatic rings. The summed E-state index contributed by atoms with van der Waals surface area (Å²) >= 11 is 0. The van der Waals surface area contributed by atoms with Crippen molar-refractivity contribution in [1.82, 2.24) is 5.32 Å². The van der Waals surface area contributed by atoms with Crippen molar-refractivity contribution in [1.29, 1.82) is 0 Å². The van der Waals surface area contributed by atoms with E-state index in [4.69, 9.17) is 0 Å². The lowest BCUT2D eigenvalue weighted by Gasteiger charge is -2.27. The minimum absolute atomic E-state index is 0.711. The predicted molar refractivity (Wildman–Crippen MR) is 58.9 cm³/mol. The zero-order valence-electron chi connectivity index (χ0n) is 9.47. The summed E-state index contributed by atoms with van der Waals surface area (Å²) in [5.41, 5.74) is 0. The lowest BCUT2D eigenvalue weighted by Crippen LogP contribution is -2.38. The fourth-order valence-corrected chi connectivity index (χ4v) is 2.45. The lowest BCUT2D eigenvalue weighted by molar-refractivity contribution is 0.322. The molecule has 0 amide bonds. The summed E-state index contributed by atoms with van der Waals surface area (Å²) in [5.74, 6) is 0.825. The molecular weight excluding hydrogens is 158 g/mol.